The Morgan fingerprint density at radius 2 is 1.93 bits per heavy atom. The van der Waals surface area contributed by atoms with Gasteiger partial charge in [-0.3, -0.25) is 14.5 Å². The Morgan fingerprint density at radius 1 is 1.15 bits per heavy atom. The van der Waals surface area contributed by atoms with E-state index >= 15 is 0 Å². The molecule has 2 aliphatic rings. The second-order valence-corrected chi connectivity index (χ2v) is 7.48. The van der Waals surface area contributed by atoms with Crippen LogP contribution in [0.5, 0.6) is 0 Å². The van der Waals surface area contributed by atoms with Gasteiger partial charge < -0.3 is 19.2 Å². The first-order valence-electron chi connectivity index (χ1n) is 8.58. The number of furan rings is 1. The quantitative estimate of drug-likeness (QED) is 0.859. The van der Waals surface area contributed by atoms with E-state index in [4.69, 9.17) is 9.15 Å². The SMILES string of the molecule is O=C(O)C1COC2(CCN(C(=O)c3cccs3)CC2)N1C(=O)c1ccco1. The van der Waals surface area contributed by atoms with Crippen molar-refractivity contribution in [2.45, 2.75) is 24.6 Å². The van der Waals surface area contributed by atoms with Crippen LogP contribution in [0.4, 0.5) is 0 Å². The van der Waals surface area contributed by atoms with Gasteiger partial charge in [0.2, 0.25) is 0 Å². The average Bonchev–Trinajstić information content (AvgIpc) is 3.42. The molecule has 2 aromatic rings. The molecule has 1 spiro atoms. The molecule has 2 fully saturated rings. The number of carbonyl (C=O) groups is 3. The highest BCUT2D eigenvalue weighted by molar-refractivity contribution is 7.12. The third-order valence-corrected chi connectivity index (χ3v) is 5.92. The van der Waals surface area contributed by atoms with Crippen LogP contribution in [0.3, 0.4) is 0 Å². The lowest BCUT2D eigenvalue weighted by atomic mass is 9.97. The Balaban J connectivity index is 1.55. The number of carboxylic acid groups (broad SMARTS) is 1. The summed E-state index contributed by atoms with van der Waals surface area (Å²) in [6, 6.07) is 5.60. The standard InChI is InChI=1S/C18H18N2O6S/c21-15(13-3-1-9-25-13)20-12(17(23)24)11-26-18(20)5-7-19(8-6-18)16(22)14-4-2-10-27-14/h1-4,9-10,12H,5-8,11H2,(H,23,24). The van der Waals surface area contributed by atoms with Crippen molar-refractivity contribution < 1.29 is 28.6 Å². The first-order chi connectivity index (χ1) is 13.0. The number of nitrogens with zero attached hydrogens (tertiary/aromatic N) is 2. The summed E-state index contributed by atoms with van der Waals surface area (Å²) in [4.78, 5) is 40.8. The number of ether oxygens (including phenoxy) is 1. The van der Waals surface area contributed by atoms with Crippen molar-refractivity contribution in [2.24, 2.45) is 0 Å². The molecule has 0 radical (unpaired) electrons. The van der Waals surface area contributed by atoms with Gasteiger partial charge in [-0.25, -0.2) is 4.79 Å². The molecule has 0 bridgehead atoms. The molecule has 142 valence electrons. The summed E-state index contributed by atoms with van der Waals surface area (Å²) >= 11 is 1.38. The van der Waals surface area contributed by atoms with Gasteiger partial charge >= 0.3 is 5.97 Å². The summed E-state index contributed by atoms with van der Waals surface area (Å²) < 4.78 is 11.0. The van der Waals surface area contributed by atoms with Crippen LogP contribution in [0.15, 0.2) is 40.3 Å². The van der Waals surface area contributed by atoms with Crippen molar-refractivity contribution >= 4 is 29.1 Å². The highest BCUT2D eigenvalue weighted by Crippen LogP contribution is 2.38. The van der Waals surface area contributed by atoms with Crippen LogP contribution in [0, 0.1) is 0 Å². The number of carbonyl (C=O) groups excluding carboxylic acids is 2. The number of aliphatic carboxylic acids is 1. The fourth-order valence-electron chi connectivity index (χ4n) is 3.69. The molecule has 0 aliphatic carbocycles. The smallest absolute Gasteiger partial charge is 0.328 e. The normalized spacial score (nSPS) is 21.6. The number of rotatable bonds is 3. The first kappa shape index (κ1) is 17.7. The molecule has 1 unspecified atom stereocenters. The van der Waals surface area contributed by atoms with Gasteiger partial charge in [-0.1, -0.05) is 6.07 Å². The summed E-state index contributed by atoms with van der Waals surface area (Å²) in [5, 5.41) is 11.4. The Bertz CT molecular complexity index is 839. The number of carboxylic acids is 1. The largest absolute Gasteiger partial charge is 0.480 e. The monoisotopic (exact) mass is 390 g/mol. The zero-order valence-corrected chi connectivity index (χ0v) is 15.2. The van der Waals surface area contributed by atoms with Gasteiger partial charge in [-0.15, -0.1) is 11.3 Å². The zero-order valence-electron chi connectivity index (χ0n) is 14.4. The predicted octanol–water partition coefficient (Wildman–Crippen LogP) is 1.90. The molecule has 8 nitrogen and oxygen atoms in total. The number of piperidine rings is 1. The van der Waals surface area contributed by atoms with E-state index in [1.54, 1.807) is 17.0 Å². The van der Waals surface area contributed by atoms with Gasteiger partial charge in [-0.05, 0) is 23.6 Å². The van der Waals surface area contributed by atoms with Crippen LogP contribution in [-0.2, 0) is 9.53 Å². The molecule has 4 heterocycles. The molecule has 9 heteroatoms. The van der Waals surface area contributed by atoms with Crippen molar-refractivity contribution in [3.8, 4) is 0 Å². The van der Waals surface area contributed by atoms with E-state index in [2.05, 4.69) is 0 Å². The molecule has 2 saturated heterocycles. The van der Waals surface area contributed by atoms with E-state index in [0.717, 1.165) is 0 Å². The van der Waals surface area contributed by atoms with Crippen molar-refractivity contribution in [3.05, 3.63) is 46.5 Å². The summed E-state index contributed by atoms with van der Waals surface area (Å²) in [5.41, 5.74) is -1.04. The third kappa shape index (κ3) is 3.02. The van der Waals surface area contributed by atoms with Crippen LogP contribution in [0.25, 0.3) is 0 Å². The Labute approximate surface area is 158 Å². The van der Waals surface area contributed by atoms with Gasteiger partial charge in [0.05, 0.1) is 17.7 Å². The topological polar surface area (TPSA) is 100 Å². The molecule has 2 aromatic heterocycles. The maximum atomic E-state index is 12.9. The lowest BCUT2D eigenvalue weighted by Crippen LogP contribution is -2.58. The van der Waals surface area contributed by atoms with Gasteiger partial charge in [-0.2, -0.15) is 0 Å². The van der Waals surface area contributed by atoms with E-state index in [1.807, 2.05) is 11.4 Å². The van der Waals surface area contributed by atoms with Gasteiger partial charge in [0.15, 0.2) is 11.8 Å². The maximum absolute atomic E-state index is 12.9. The van der Waals surface area contributed by atoms with E-state index in [-0.39, 0.29) is 18.3 Å². The summed E-state index contributed by atoms with van der Waals surface area (Å²) in [7, 11) is 0. The fourth-order valence-corrected chi connectivity index (χ4v) is 4.38. The number of hydrogen-bond acceptors (Lipinski definition) is 6. The lowest BCUT2D eigenvalue weighted by Gasteiger charge is -2.43. The highest BCUT2D eigenvalue weighted by Gasteiger charge is 2.54. The molecule has 1 N–H and O–H groups in total. The maximum Gasteiger partial charge on any atom is 0.328 e. The lowest BCUT2D eigenvalue weighted by molar-refractivity contribution is -0.143. The van der Waals surface area contributed by atoms with Crippen molar-refractivity contribution in [2.75, 3.05) is 19.7 Å². The highest BCUT2D eigenvalue weighted by atomic mass is 32.1. The van der Waals surface area contributed by atoms with Crippen molar-refractivity contribution in [1.29, 1.82) is 0 Å². The van der Waals surface area contributed by atoms with Crippen molar-refractivity contribution in [1.82, 2.24) is 9.80 Å². The van der Waals surface area contributed by atoms with Gasteiger partial charge in [0.1, 0.15) is 5.72 Å². The van der Waals surface area contributed by atoms with E-state index in [0.29, 0.717) is 30.8 Å². The van der Waals surface area contributed by atoms with Crippen LogP contribution >= 0.6 is 11.3 Å². The second kappa shape index (κ2) is 6.82. The summed E-state index contributed by atoms with van der Waals surface area (Å²) in [6.45, 7) is 0.677. The Hall–Kier alpha value is -2.65. The predicted molar refractivity (Wildman–Crippen MR) is 94.4 cm³/mol. The van der Waals surface area contributed by atoms with Crippen molar-refractivity contribution in [3.63, 3.8) is 0 Å². The van der Waals surface area contributed by atoms with Crippen LogP contribution in [-0.4, -0.2) is 64.2 Å². The first-order valence-corrected chi connectivity index (χ1v) is 9.46. The van der Waals surface area contributed by atoms with Crippen LogP contribution in [0.2, 0.25) is 0 Å². The number of hydrogen-bond donors (Lipinski definition) is 1. The Kier molecular flexibility index (Phi) is 4.48. The zero-order chi connectivity index (χ0) is 19.0. The molecule has 4 rings (SSSR count). The van der Waals surface area contributed by atoms with Gasteiger partial charge in [0.25, 0.3) is 11.8 Å². The molecular weight excluding hydrogens is 372 g/mol. The minimum atomic E-state index is -1.12. The molecule has 1 atom stereocenters. The molecule has 0 aromatic carbocycles. The van der Waals surface area contributed by atoms with E-state index in [1.165, 1.54) is 28.6 Å². The molecular formula is C18H18N2O6S. The minimum Gasteiger partial charge on any atom is -0.480 e. The van der Waals surface area contributed by atoms with Crippen LogP contribution in [0.1, 0.15) is 33.1 Å². The number of thiophene rings is 1. The molecule has 0 saturated carbocycles. The molecule has 27 heavy (non-hydrogen) atoms. The van der Waals surface area contributed by atoms with E-state index < -0.39 is 23.6 Å². The van der Waals surface area contributed by atoms with E-state index in [9.17, 15) is 19.5 Å². The number of likely N-dealkylation sites (tertiary alicyclic amines) is 1. The second-order valence-electron chi connectivity index (χ2n) is 6.53. The third-order valence-electron chi connectivity index (χ3n) is 5.06. The fraction of sp³-hybridized carbons (Fsp3) is 0.389. The molecule has 2 aliphatic heterocycles. The number of amides is 2. The summed E-state index contributed by atoms with van der Waals surface area (Å²) in [5.74, 6) is -1.62. The Morgan fingerprint density at radius 3 is 2.52 bits per heavy atom. The van der Waals surface area contributed by atoms with Gasteiger partial charge in [0, 0.05) is 25.9 Å². The summed E-state index contributed by atoms with van der Waals surface area (Å²) in [6.07, 6.45) is 2.07. The minimum absolute atomic E-state index is 0.0588. The average molecular weight is 390 g/mol. The van der Waals surface area contributed by atoms with Crippen LogP contribution < -0.4 is 0 Å². The molecule has 2 amide bonds.